The Morgan fingerprint density at radius 1 is 1.69 bits per heavy atom. The molecule has 0 bridgehead atoms. The van der Waals surface area contributed by atoms with Gasteiger partial charge in [-0.1, -0.05) is 0 Å². The number of halogens is 2. The molecule has 0 saturated heterocycles. The second-order valence-corrected chi connectivity index (χ2v) is 2.62. The van der Waals surface area contributed by atoms with Gasteiger partial charge < -0.3 is 4.74 Å². The first-order valence-corrected chi connectivity index (χ1v) is 3.92. The first-order valence-electron chi connectivity index (χ1n) is 3.92. The molecular weight excluding hydrogens is 224 g/mol. The molecule has 0 aromatic carbocycles. The van der Waals surface area contributed by atoms with Gasteiger partial charge in [0, 0.05) is 6.07 Å². The first-order chi connectivity index (χ1) is 7.51. The van der Waals surface area contributed by atoms with E-state index < -0.39 is 34.2 Å². The third kappa shape index (κ3) is 2.03. The van der Waals surface area contributed by atoms with E-state index in [0.29, 0.717) is 6.07 Å². The van der Waals surface area contributed by atoms with Crippen molar-refractivity contribution in [2.45, 2.75) is 6.43 Å². The fourth-order valence-corrected chi connectivity index (χ4v) is 1.04. The zero-order valence-corrected chi connectivity index (χ0v) is 7.98. The number of ether oxygens (including phenoxy) is 1. The van der Waals surface area contributed by atoms with Crippen LogP contribution in [0.4, 0.5) is 14.5 Å². The predicted molar refractivity (Wildman–Crippen MR) is 47.1 cm³/mol. The van der Waals surface area contributed by atoms with E-state index >= 15 is 0 Å². The first kappa shape index (κ1) is 11.8. The summed E-state index contributed by atoms with van der Waals surface area (Å²) in [6.45, 7) is 0. The number of nitrogens with zero attached hydrogens (tertiary/aromatic N) is 3. The average Bonchev–Trinajstić information content (AvgIpc) is 2.26. The van der Waals surface area contributed by atoms with Gasteiger partial charge in [-0.25, -0.2) is 13.8 Å². The molecule has 0 radical (unpaired) electrons. The largest absolute Gasteiger partial charge is 0.476 e. The molecule has 0 aliphatic rings. The smallest absolute Gasteiger partial charge is 0.332 e. The van der Waals surface area contributed by atoms with Gasteiger partial charge in [0.25, 0.3) is 12.3 Å². The number of nitriles is 1. The maximum absolute atomic E-state index is 12.4. The van der Waals surface area contributed by atoms with Gasteiger partial charge in [-0.2, -0.15) is 5.26 Å². The molecule has 0 amide bonds. The van der Waals surface area contributed by atoms with Gasteiger partial charge >= 0.3 is 5.69 Å². The van der Waals surface area contributed by atoms with Crippen LogP contribution in [0, 0.1) is 21.4 Å². The Hall–Kier alpha value is -2.30. The SMILES string of the molecule is COc1nc(C(F)F)c(C#N)cc1[N+](=O)[O-]. The Morgan fingerprint density at radius 3 is 2.69 bits per heavy atom. The van der Waals surface area contributed by atoms with Gasteiger partial charge in [-0.15, -0.1) is 0 Å². The Labute approximate surface area is 88.2 Å². The number of hydrogen-bond donors (Lipinski definition) is 0. The molecule has 0 N–H and O–H groups in total. The minimum atomic E-state index is -3.00. The van der Waals surface area contributed by atoms with Crippen LogP contribution in [0.15, 0.2) is 6.07 Å². The third-order valence-corrected chi connectivity index (χ3v) is 1.72. The Morgan fingerprint density at radius 2 is 2.31 bits per heavy atom. The second-order valence-electron chi connectivity index (χ2n) is 2.62. The highest BCUT2D eigenvalue weighted by atomic mass is 19.3. The molecule has 0 unspecified atom stereocenters. The molecule has 16 heavy (non-hydrogen) atoms. The zero-order chi connectivity index (χ0) is 12.3. The van der Waals surface area contributed by atoms with Gasteiger partial charge in [-0.3, -0.25) is 10.1 Å². The number of methoxy groups -OCH3 is 1. The third-order valence-electron chi connectivity index (χ3n) is 1.72. The van der Waals surface area contributed by atoms with Crippen LogP contribution in [0.25, 0.3) is 0 Å². The monoisotopic (exact) mass is 229 g/mol. The van der Waals surface area contributed by atoms with E-state index in [1.54, 1.807) is 0 Å². The minimum absolute atomic E-state index is 0.539. The van der Waals surface area contributed by atoms with E-state index in [4.69, 9.17) is 5.26 Å². The van der Waals surface area contributed by atoms with E-state index in [9.17, 15) is 18.9 Å². The van der Waals surface area contributed by atoms with Crippen LogP contribution in [0.3, 0.4) is 0 Å². The van der Waals surface area contributed by atoms with E-state index in [0.717, 1.165) is 7.11 Å². The predicted octanol–water partition coefficient (Wildman–Crippen LogP) is 1.81. The highest BCUT2D eigenvalue weighted by molar-refractivity contribution is 5.50. The second kappa shape index (κ2) is 4.48. The topological polar surface area (TPSA) is 89.0 Å². The fourth-order valence-electron chi connectivity index (χ4n) is 1.04. The van der Waals surface area contributed by atoms with Crippen molar-refractivity contribution in [1.29, 1.82) is 5.26 Å². The maximum Gasteiger partial charge on any atom is 0.332 e. The van der Waals surface area contributed by atoms with E-state index in [1.807, 2.05) is 0 Å². The summed E-state index contributed by atoms with van der Waals surface area (Å²) in [4.78, 5) is 12.9. The van der Waals surface area contributed by atoms with E-state index in [2.05, 4.69) is 9.72 Å². The number of rotatable bonds is 3. The number of pyridine rings is 1. The average molecular weight is 229 g/mol. The molecule has 0 atom stereocenters. The standard InChI is InChI=1S/C8H5F2N3O3/c1-16-8-5(13(14)15)2-4(3-11)6(12-8)7(9)10/h2,7H,1H3. The number of alkyl halides is 2. The maximum atomic E-state index is 12.4. The molecule has 1 aromatic rings. The van der Waals surface area contributed by atoms with E-state index in [1.165, 1.54) is 6.07 Å². The summed E-state index contributed by atoms with van der Waals surface area (Å²) in [7, 11) is 1.07. The van der Waals surface area contributed by atoms with Crippen LogP contribution in [0.5, 0.6) is 5.88 Å². The van der Waals surface area contributed by atoms with Crippen molar-refractivity contribution in [3.8, 4) is 11.9 Å². The van der Waals surface area contributed by atoms with Crippen LogP contribution >= 0.6 is 0 Å². The molecule has 0 fully saturated rings. The van der Waals surface area contributed by atoms with Crippen molar-refractivity contribution in [2.24, 2.45) is 0 Å². The summed E-state index contributed by atoms with van der Waals surface area (Å²) in [6, 6.07) is 2.14. The van der Waals surface area contributed by atoms with Gasteiger partial charge in [0.2, 0.25) is 0 Å². The zero-order valence-electron chi connectivity index (χ0n) is 7.98. The van der Waals surface area contributed by atoms with Gasteiger partial charge in [0.1, 0.15) is 11.8 Å². The van der Waals surface area contributed by atoms with Gasteiger partial charge in [0.15, 0.2) is 0 Å². The lowest BCUT2D eigenvalue weighted by atomic mass is 10.2. The Balaban J connectivity index is 3.48. The molecule has 84 valence electrons. The summed E-state index contributed by atoms with van der Waals surface area (Å²) < 4.78 is 29.4. The van der Waals surface area contributed by atoms with Crippen LogP contribution in [-0.2, 0) is 0 Å². The Kier molecular flexibility index (Phi) is 3.30. The quantitative estimate of drug-likeness (QED) is 0.582. The summed E-state index contributed by atoms with van der Waals surface area (Å²) >= 11 is 0. The summed E-state index contributed by atoms with van der Waals surface area (Å²) in [5, 5.41) is 19.1. The van der Waals surface area contributed by atoms with Crippen LogP contribution in [-0.4, -0.2) is 17.0 Å². The minimum Gasteiger partial charge on any atom is -0.476 e. The molecule has 1 aromatic heterocycles. The summed E-state index contributed by atoms with van der Waals surface area (Å²) in [5.41, 5.74) is -1.99. The van der Waals surface area contributed by atoms with Crippen molar-refractivity contribution in [3.05, 3.63) is 27.4 Å². The van der Waals surface area contributed by atoms with Crippen LogP contribution in [0.1, 0.15) is 17.7 Å². The molecule has 0 saturated carbocycles. The summed E-state index contributed by atoms with van der Waals surface area (Å²) in [6.07, 6.45) is -3.00. The molecule has 1 heterocycles. The van der Waals surface area contributed by atoms with Crippen molar-refractivity contribution < 1.29 is 18.4 Å². The highest BCUT2D eigenvalue weighted by Gasteiger charge is 2.24. The van der Waals surface area contributed by atoms with Gasteiger partial charge in [0.05, 0.1) is 17.6 Å². The lowest BCUT2D eigenvalue weighted by Gasteiger charge is -2.05. The van der Waals surface area contributed by atoms with Crippen molar-refractivity contribution in [2.75, 3.05) is 7.11 Å². The van der Waals surface area contributed by atoms with Crippen molar-refractivity contribution in [3.63, 3.8) is 0 Å². The number of hydrogen-bond acceptors (Lipinski definition) is 5. The molecule has 0 spiro atoms. The molecule has 1 rings (SSSR count). The van der Waals surface area contributed by atoms with Crippen molar-refractivity contribution in [1.82, 2.24) is 4.98 Å². The normalized spacial score (nSPS) is 9.94. The lowest BCUT2D eigenvalue weighted by molar-refractivity contribution is -0.386. The fraction of sp³-hybridized carbons (Fsp3) is 0.250. The van der Waals surface area contributed by atoms with Crippen molar-refractivity contribution >= 4 is 5.69 Å². The molecule has 0 aliphatic heterocycles. The number of nitro groups is 1. The molecule has 6 nitrogen and oxygen atoms in total. The highest BCUT2D eigenvalue weighted by Crippen LogP contribution is 2.30. The van der Waals surface area contributed by atoms with Gasteiger partial charge in [-0.05, 0) is 0 Å². The molecule has 0 aliphatic carbocycles. The van der Waals surface area contributed by atoms with E-state index in [-0.39, 0.29) is 0 Å². The van der Waals surface area contributed by atoms with Crippen LogP contribution < -0.4 is 4.74 Å². The molecular formula is C8H5F2N3O3. The lowest BCUT2D eigenvalue weighted by Crippen LogP contribution is -2.02. The molecule has 8 heteroatoms. The Bertz CT molecular complexity index is 470. The summed E-state index contributed by atoms with van der Waals surface area (Å²) in [5.74, 6) is -0.542. The number of aromatic nitrogens is 1. The van der Waals surface area contributed by atoms with Crippen LogP contribution in [0.2, 0.25) is 0 Å².